The van der Waals surface area contributed by atoms with Crippen LogP contribution in [0.15, 0.2) is 42.6 Å². The zero-order valence-electron chi connectivity index (χ0n) is 14.1. The number of hydrogen-bond acceptors (Lipinski definition) is 5. The quantitative estimate of drug-likeness (QED) is 0.902. The molecule has 25 heavy (non-hydrogen) atoms. The van der Waals surface area contributed by atoms with Gasteiger partial charge in [-0.05, 0) is 31.2 Å². The fraction of sp³-hybridized carbons (Fsp3) is 0.278. The van der Waals surface area contributed by atoms with Gasteiger partial charge >= 0.3 is 0 Å². The van der Waals surface area contributed by atoms with Crippen LogP contribution in [0.2, 0.25) is 0 Å². The van der Waals surface area contributed by atoms with Gasteiger partial charge in [-0.15, -0.1) is 0 Å². The number of carbonyl (C=O) groups excluding carboxylic acids is 2. The highest BCUT2D eigenvalue weighted by Crippen LogP contribution is 2.33. The number of carbonyl (C=O) groups is 2. The minimum Gasteiger partial charge on any atom is -0.480 e. The molecule has 0 spiro atoms. The summed E-state index contributed by atoms with van der Waals surface area (Å²) in [5.74, 6) is 0.599. The second-order valence-corrected chi connectivity index (χ2v) is 5.58. The SMILES string of the molecule is COc1ncccc1NC(=O)CCN1C(=O)C(C)Oc2ccccc21. The van der Waals surface area contributed by atoms with Crippen molar-refractivity contribution in [3.8, 4) is 11.6 Å². The summed E-state index contributed by atoms with van der Waals surface area (Å²) < 4.78 is 10.7. The fourth-order valence-corrected chi connectivity index (χ4v) is 2.66. The molecule has 2 heterocycles. The smallest absolute Gasteiger partial charge is 0.267 e. The van der Waals surface area contributed by atoms with Gasteiger partial charge in [-0.2, -0.15) is 0 Å². The summed E-state index contributed by atoms with van der Waals surface area (Å²) in [6.07, 6.45) is 1.15. The Morgan fingerprint density at radius 3 is 2.92 bits per heavy atom. The Kier molecular flexibility index (Phi) is 4.83. The van der Waals surface area contributed by atoms with Crippen LogP contribution in [0.3, 0.4) is 0 Å². The maximum atomic E-state index is 12.4. The first kappa shape index (κ1) is 16.8. The van der Waals surface area contributed by atoms with Gasteiger partial charge in [-0.1, -0.05) is 12.1 Å². The van der Waals surface area contributed by atoms with Crippen LogP contribution >= 0.6 is 0 Å². The first-order valence-electron chi connectivity index (χ1n) is 7.96. The number of ether oxygens (including phenoxy) is 2. The molecular weight excluding hydrogens is 322 g/mol. The Morgan fingerprint density at radius 1 is 1.32 bits per heavy atom. The summed E-state index contributed by atoms with van der Waals surface area (Å²) >= 11 is 0. The molecule has 0 saturated heterocycles. The van der Waals surface area contributed by atoms with Crippen molar-refractivity contribution in [2.24, 2.45) is 0 Å². The van der Waals surface area contributed by atoms with Crippen molar-refractivity contribution in [2.75, 3.05) is 23.9 Å². The van der Waals surface area contributed by atoms with Crippen molar-refractivity contribution in [3.05, 3.63) is 42.6 Å². The van der Waals surface area contributed by atoms with Crippen LogP contribution in [0.25, 0.3) is 0 Å². The maximum absolute atomic E-state index is 12.4. The second kappa shape index (κ2) is 7.21. The number of para-hydroxylation sites is 2. The largest absolute Gasteiger partial charge is 0.480 e. The predicted molar refractivity (Wildman–Crippen MR) is 92.9 cm³/mol. The lowest BCUT2D eigenvalue weighted by molar-refractivity contribution is -0.125. The van der Waals surface area contributed by atoms with E-state index < -0.39 is 6.10 Å². The minimum absolute atomic E-state index is 0.144. The molecule has 0 fully saturated rings. The molecule has 0 bridgehead atoms. The standard InChI is InChI=1S/C18H19N3O4/c1-12-18(23)21(14-7-3-4-8-15(14)25-12)11-9-16(22)20-13-6-5-10-19-17(13)24-2/h3-8,10,12H,9,11H2,1-2H3,(H,20,22). The third-order valence-corrected chi connectivity index (χ3v) is 3.87. The summed E-state index contributed by atoms with van der Waals surface area (Å²) in [5, 5.41) is 2.76. The third-order valence-electron chi connectivity index (χ3n) is 3.87. The average molecular weight is 341 g/mol. The van der Waals surface area contributed by atoms with E-state index in [2.05, 4.69) is 10.3 Å². The van der Waals surface area contributed by atoms with Gasteiger partial charge in [0.05, 0.1) is 12.8 Å². The van der Waals surface area contributed by atoms with Crippen molar-refractivity contribution in [1.82, 2.24) is 4.98 Å². The summed E-state index contributed by atoms with van der Waals surface area (Å²) in [7, 11) is 1.49. The van der Waals surface area contributed by atoms with Gasteiger partial charge in [0.15, 0.2) is 6.10 Å². The van der Waals surface area contributed by atoms with Crippen LogP contribution in [-0.4, -0.2) is 36.6 Å². The number of rotatable bonds is 5. The topological polar surface area (TPSA) is 80.8 Å². The van der Waals surface area contributed by atoms with Crippen LogP contribution in [0, 0.1) is 0 Å². The highest BCUT2D eigenvalue weighted by atomic mass is 16.5. The molecule has 0 radical (unpaired) electrons. The van der Waals surface area contributed by atoms with Gasteiger partial charge in [-0.25, -0.2) is 4.98 Å². The molecule has 2 amide bonds. The van der Waals surface area contributed by atoms with Gasteiger partial charge in [0.25, 0.3) is 5.91 Å². The number of amides is 2. The van der Waals surface area contributed by atoms with E-state index in [1.807, 2.05) is 18.2 Å². The Morgan fingerprint density at radius 2 is 2.12 bits per heavy atom. The van der Waals surface area contributed by atoms with Crippen molar-refractivity contribution < 1.29 is 19.1 Å². The van der Waals surface area contributed by atoms with Crippen LogP contribution < -0.4 is 19.7 Å². The number of methoxy groups -OCH3 is 1. The van der Waals surface area contributed by atoms with Crippen LogP contribution in [0.1, 0.15) is 13.3 Å². The lowest BCUT2D eigenvalue weighted by Gasteiger charge is -2.32. The molecular formula is C18H19N3O4. The number of benzene rings is 1. The van der Waals surface area contributed by atoms with Crippen molar-refractivity contribution >= 4 is 23.2 Å². The summed E-state index contributed by atoms with van der Waals surface area (Å²) in [6, 6.07) is 10.7. The molecule has 7 nitrogen and oxygen atoms in total. The number of anilines is 2. The normalized spacial score (nSPS) is 16.0. The Bertz CT molecular complexity index is 793. The molecule has 3 rings (SSSR count). The van der Waals surface area contributed by atoms with Crippen LogP contribution in [-0.2, 0) is 9.59 Å². The maximum Gasteiger partial charge on any atom is 0.267 e. The first-order valence-corrected chi connectivity index (χ1v) is 7.96. The van der Waals surface area contributed by atoms with Gasteiger partial charge in [0.1, 0.15) is 11.4 Å². The highest BCUT2D eigenvalue weighted by molar-refractivity contribution is 6.01. The van der Waals surface area contributed by atoms with E-state index in [9.17, 15) is 9.59 Å². The highest BCUT2D eigenvalue weighted by Gasteiger charge is 2.31. The molecule has 7 heteroatoms. The van der Waals surface area contributed by atoms with Crippen molar-refractivity contribution in [1.29, 1.82) is 0 Å². The fourth-order valence-electron chi connectivity index (χ4n) is 2.66. The molecule has 130 valence electrons. The molecule has 2 aromatic rings. The van der Waals surface area contributed by atoms with E-state index in [0.717, 1.165) is 0 Å². The number of aromatic nitrogens is 1. The van der Waals surface area contributed by atoms with E-state index in [4.69, 9.17) is 9.47 Å². The van der Waals surface area contributed by atoms with E-state index in [-0.39, 0.29) is 24.8 Å². The Labute approximate surface area is 145 Å². The summed E-state index contributed by atoms with van der Waals surface area (Å²) in [5.41, 5.74) is 1.18. The Hall–Kier alpha value is -3.09. The summed E-state index contributed by atoms with van der Waals surface area (Å²) in [4.78, 5) is 30.3. The molecule has 0 saturated carbocycles. The molecule has 1 aromatic carbocycles. The van der Waals surface area contributed by atoms with E-state index in [0.29, 0.717) is 23.0 Å². The average Bonchev–Trinajstić information content (AvgIpc) is 2.62. The third kappa shape index (κ3) is 3.55. The van der Waals surface area contributed by atoms with E-state index >= 15 is 0 Å². The number of fused-ring (bicyclic) bond motifs is 1. The lowest BCUT2D eigenvalue weighted by Crippen LogP contribution is -2.45. The molecule has 1 aliphatic heterocycles. The molecule has 1 aromatic heterocycles. The minimum atomic E-state index is -0.573. The van der Waals surface area contributed by atoms with E-state index in [1.165, 1.54) is 7.11 Å². The van der Waals surface area contributed by atoms with Crippen LogP contribution in [0.4, 0.5) is 11.4 Å². The van der Waals surface area contributed by atoms with Gasteiger partial charge < -0.3 is 19.7 Å². The monoisotopic (exact) mass is 341 g/mol. The van der Waals surface area contributed by atoms with Crippen molar-refractivity contribution in [3.63, 3.8) is 0 Å². The predicted octanol–water partition coefficient (Wildman–Crippen LogP) is 2.23. The molecule has 1 aliphatic rings. The number of nitrogens with zero attached hydrogens (tertiary/aromatic N) is 2. The molecule has 1 atom stereocenters. The zero-order chi connectivity index (χ0) is 17.8. The van der Waals surface area contributed by atoms with Gasteiger partial charge in [0, 0.05) is 19.2 Å². The number of pyridine rings is 1. The first-order chi connectivity index (χ1) is 12.1. The van der Waals surface area contributed by atoms with E-state index in [1.54, 1.807) is 36.2 Å². The molecule has 1 unspecified atom stereocenters. The van der Waals surface area contributed by atoms with Crippen molar-refractivity contribution in [2.45, 2.75) is 19.4 Å². The van der Waals surface area contributed by atoms with Crippen LogP contribution in [0.5, 0.6) is 11.6 Å². The molecule has 1 N–H and O–H groups in total. The van der Waals surface area contributed by atoms with Gasteiger partial charge in [-0.3, -0.25) is 9.59 Å². The second-order valence-electron chi connectivity index (χ2n) is 5.58. The zero-order valence-corrected chi connectivity index (χ0v) is 14.1. The molecule has 0 aliphatic carbocycles. The summed E-state index contributed by atoms with van der Waals surface area (Å²) in [6.45, 7) is 1.96. The Balaban J connectivity index is 1.68. The lowest BCUT2D eigenvalue weighted by atomic mass is 10.1. The number of hydrogen-bond donors (Lipinski definition) is 1. The number of nitrogens with one attached hydrogen (secondary N) is 1. The van der Waals surface area contributed by atoms with Gasteiger partial charge in [0.2, 0.25) is 11.8 Å².